The normalized spacial score (nSPS) is 29.2. The van der Waals surface area contributed by atoms with Crippen molar-refractivity contribution in [2.45, 2.75) is 12.2 Å². The number of benzene rings is 1. The summed E-state index contributed by atoms with van der Waals surface area (Å²) >= 11 is 0. The number of carboxylic acid groups (broad SMARTS) is 1. The van der Waals surface area contributed by atoms with Crippen LogP contribution in [0.1, 0.15) is 11.6 Å². The van der Waals surface area contributed by atoms with Gasteiger partial charge in [0.2, 0.25) is 0 Å². The first-order chi connectivity index (χ1) is 7.59. The zero-order valence-corrected chi connectivity index (χ0v) is 8.35. The van der Waals surface area contributed by atoms with Gasteiger partial charge in [0, 0.05) is 0 Å². The summed E-state index contributed by atoms with van der Waals surface area (Å²) in [6.45, 7) is 0. The Morgan fingerprint density at radius 3 is 2.50 bits per heavy atom. The van der Waals surface area contributed by atoms with Gasteiger partial charge in [-0.1, -0.05) is 12.1 Å². The second-order valence-electron chi connectivity index (χ2n) is 3.71. The standard InChI is InChI=1S/C10H12FN3O2/c11-6-3-1-5(2-4-6)8-7(10(15)16)9(12)14-13-8/h1-4,7-9,13-14H,12H2,(H,15,16). The number of carboxylic acids is 1. The fraction of sp³-hybridized carbons (Fsp3) is 0.300. The highest BCUT2D eigenvalue weighted by atomic mass is 19.1. The molecule has 3 unspecified atom stereocenters. The summed E-state index contributed by atoms with van der Waals surface area (Å²) in [7, 11) is 0. The third-order valence-electron chi connectivity index (χ3n) is 2.67. The van der Waals surface area contributed by atoms with Crippen molar-refractivity contribution in [3.8, 4) is 0 Å². The molecule has 2 rings (SSSR count). The average molecular weight is 225 g/mol. The Balaban J connectivity index is 2.26. The summed E-state index contributed by atoms with van der Waals surface area (Å²) in [6, 6.07) is 5.22. The minimum Gasteiger partial charge on any atom is -0.481 e. The Labute approximate surface area is 91.4 Å². The fourth-order valence-corrected chi connectivity index (χ4v) is 1.83. The largest absolute Gasteiger partial charge is 0.481 e. The maximum atomic E-state index is 12.7. The van der Waals surface area contributed by atoms with Crippen molar-refractivity contribution in [1.82, 2.24) is 10.9 Å². The van der Waals surface area contributed by atoms with Gasteiger partial charge in [-0.05, 0) is 17.7 Å². The molecule has 0 bridgehead atoms. The number of hydrazine groups is 1. The van der Waals surface area contributed by atoms with Crippen molar-refractivity contribution >= 4 is 5.97 Å². The van der Waals surface area contributed by atoms with E-state index in [0.29, 0.717) is 5.56 Å². The fourth-order valence-electron chi connectivity index (χ4n) is 1.83. The second kappa shape index (κ2) is 4.17. The molecule has 3 atom stereocenters. The van der Waals surface area contributed by atoms with E-state index in [0.717, 1.165) is 0 Å². The zero-order valence-electron chi connectivity index (χ0n) is 8.35. The molecular weight excluding hydrogens is 213 g/mol. The molecule has 5 nitrogen and oxygen atoms in total. The molecule has 16 heavy (non-hydrogen) atoms. The van der Waals surface area contributed by atoms with E-state index < -0.39 is 24.1 Å². The van der Waals surface area contributed by atoms with Crippen LogP contribution in [0.25, 0.3) is 0 Å². The van der Waals surface area contributed by atoms with E-state index in [-0.39, 0.29) is 5.82 Å². The maximum Gasteiger partial charge on any atom is 0.311 e. The van der Waals surface area contributed by atoms with E-state index >= 15 is 0 Å². The first-order valence-corrected chi connectivity index (χ1v) is 4.84. The van der Waals surface area contributed by atoms with Crippen LogP contribution in [0, 0.1) is 11.7 Å². The van der Waals surface area contributed by atoms with Crippen molar-refractivity contribution < 1.29 is 14.3 Å². The molecule has 0 saturated carbocycles. The number of hydrogen-bond donors (Lipinski definition) is 4. The van der Waals surface area contributed by atoms with Gasteiger partial charge in [0.15, 0.2) is 0 Å². The summed E-state index contributed by atoms with van der Waals surface area (Å²) in [5, 5.41) is 9.04. The Morgan fingerprint density at radius 2 is 1.94 bits per heavy atom. The van der Waals surface area contributed by atoms with Crippen LogP contribution in [0.5, 0.6) is 0 Å². The van der Waals surface area contributed by atoms with Gasteiger partial charge >= 0.3 is 5.97 Å². The van der Waals surface area contributed by atoms with Crippen LogP contribution in [0.15, 0.2) is 24.3 Å². The Morgan fingerprint density at radius 1 is 1.31 bits per heavy atom. The van der Waals surface area contributed by atoms with Gasteiger partial charge in [-0.3, -0.25) is 4.79 Å². The van der Waals surface area contributed by atoms with E-state index in [1.54, 1.807) is 12.1 Å². The average Bonchev–Trinajstić information content (AvgIpc) is 2.61. The van der Waals surface area contributed by atoms with E-state index in [4.69, 9.17) is 10.8 Å². The lowest BCUT2D eigenvalue weighted by molar-refractivity contribution is -0.142. The summed E-state index contributed by atoms with van der Waals surface area (Å²) in [4.78, 5) is 11.0. The molecule has 6 heteroatoms. The molecular formula is C10H12FN3O2. The summed E-state index contributed by atoms with van der Waals surface area (Å²) in [5.74, 6) is -2.12. The van der Waals surface area contributed by atoms with Crippen molar-refractivity contribution in [2.75, 3.05) is 0 Å². The molecule has 1 saturated heterocycles. The number of aliphatic carboxylic acids is 1. The summed E-state index contributed by atoms with van der Waals surface area (Å²) in [5.41, 5.74) is 11.8. The maximum absolute atomic E-state index is 12.7. The monoisotopic (exact) mass is 225 g/mol. The molecule has 0 amide bonds. The summed E-state index contributed by atoms with van der Waals surface area (Å²) < 4.78 is 12.7. The van der Waals surface area contributed by atoms with E-state index in [1.165, 1.54) is 12.1 Å². The molecule has 1 aliphatic heterocycles. The number of rotatable bonds is 2. The Bertz CT molecular complexity index is 396. The van der Waals surface area contributed by atoms with Gasteiger partial charge in [-0.15, -0.1) is 0 Å². The molecule has 86 valence electrons. The third kappa shape index (κ3) is 1.90. The topological polar surface area (TPSA) is 87.4 Å². The first-order valence-electron chi connectivity index (χ1n) is 4.84. The predicted octanol–water partition coefficient (Wildman–Crippen LogP) is -0.0398. The van der Waals surface area contributed by atoms with Crippen molar-refractivity contribution in [3.63, 3.8) is 0 Å². The molecule has 1 heterocycles. The molecule has 1 fully saturated rings. The van der Waals surface area contributed by atoms with Gasteiger partial charge in [0.1, 0.15) is 11.7 Å². The number of nitrogens with two attached hydrogens (primary N) is 1. The summed E-state index contributed by atoms with van der Waals surface area (Å²) in [6.07, 6.45) is -0.660. The lowest BCUT2D eigenvalue weighted by atomic mass is 9.93. The van der Waals surface area contributed by atoms with Crippen molar-refractivity contribution in [1.29, 1.82) is 0 Å². The molecule has 0 aliphatic carbocycles. The Hall–Kier alpha value is -1.50. The van der Waals surface area contributed by atoms with E-state index in [1.807, 2.05) is 0 Å². The van der Waals surface area contributed by atoms with Crippen LogP contribution in [0.3, 0.4) is 0 Å². The quantitative estimate of drug-likeness (QED) is 0.567. The predicted molar refractivity (Wildman–Crippen MR) is 54.5 cm³/mol. The first kappa shape index (κ1) is 11.0. The highest BCUT2D eigenvalue weighted by Crippen LogP contribution is 2.27. The Kier molecular flexibility index (Phi) is 2.86. The highest BCUT2D eigenvalue weighted by Gasteiger charge is 2.39. The second-order valence-corrected chi connectivity index (χ2v) is 3.71. The van der Waals surface area contributed by atoms with E-state index in [2.05, 4.69) is 10.9 Å². The molecule has 1 aromatic carbocycles. The van der Waals surface area contributed by atoms with Gasteiger partial charge in [0.05, 0.1) is 12.2 Å². The van der Waals surface area contributed by atoms with E-state index in [9.17, 15) is 9.18 Å². The zero-order chi connectivity index (χ0) is 11.7. The molecule has 0 aromatic heterocycles. The third-order valence-corrected chi connectivity index (χ3v) is 2.67. The van der Waals surface area contributed by atoms with Gasteiger partial charge in [-0.25, -0.2) is 15.2 Å². The van der Waals surface area contributed by atoms with Crippen LogP contribution in [-0.4, -0.2) is 17.2 Å². The highest BCUT2D eigenvalue weighted by molar-refractivity contribution is 5.72. The van der Waals surface area contributed by atoms with Crippen molar-refractivity contribution in [2.24, 2.45) is 11.7 Å². The van der Waals surface area contributed by atoms with Crippen LogP contribution in [0.4, 0.5) is 4.39 Å². The minimum atomic E-state index is -0.987. The van der Waals surface area contributed by atoms with Crippen LogP contribution < -0.4 is 16.6 Å². The van der Waals surface area contributed by atoms with Gasteiger partial charge in [0.25, 0.3) is 0 Å². The molecule has 0 spiro atoms. The van der Waals surface area contributed by atoms with Crippen LogP contribution in [0.2, 0.25) is 0 Å². The van der Waals surface area contributed by atoms with Gasteiger partial charge < -0.3 is 10.8 Å². The van der Waals surface area contributed by atoms with Crippen LogP contribution in [-0.2, 0) is 4.79 Å². The minimum absolute atomic E-state index is 0.356. The number of hydrogen-bond acceptors (Lipinski definition) is 4. The molecule has 1 aromatic rings. The lowest BCUT2D eigenvalue weighted by Crippen LogP contribution is -2.41. The number of nitrogens with one attached hydrogen (secondary N) is 2. The van der Waals surface area contributed by atoms with Crippen molar-refractivity contribution in [3.05, 3.63) is 35.6 Å². The SMILES string of the molecule is NC1NNC(c2ccc(F)cc2)C1C(=O)O. The van der Waals surface area contributed by atoms with Crippen LogP contribution >= 0.6 is 0 Å². The lowest BCUT2D eigenvalue weighted by Gasteiger charge is -2.16. The van der Waals surface area contributed by atoms with Gasteiger partial charge in [-0.2, -0.15) is 0 Å². The smallest absolute Gasteiger partial charge is 0.311 e. The molecule has 5 N–H and O–H groups in total. The molecule has 1 aliphatic rings. The number of halogens is 1. The number of carbonyl (C=O) groups is 1. The molecule has 0 radical (unpaired) electrons.